The first-order chi connectivity index (χ1) is 10.1. The summed E-state index contributed by atoms with van der Waals surface area (Å²) in [4.78, 5) is 1.14. The lowest BCUT2D eigenvalue weighted by Gasteiger charge is -2.19. The molecule has 0 amide bonds. The molecule has 1 unspecified atom stereocenters. The van der Waals surface area contributed by atoms with E-state index in [0.717, 1.165) is 20.8 Å². The second-order valence-electron chi connectivity index (χ2n) is 4.63. The van der Waals surface area contributed by atoms with Gasteiger partial charge in [0.2, 0.25) is 0 Å². The molecule has 0 spiro atoms. The van der Waals surface area contributed by atoms with Crippen LogP contribution in [0.15, 0.2) is 64.5 Å². The van der Waals surface area contributed by atoms with Crippen LogP contribution in [0, 0.1) is 5.82 Å². The molecule has 2 rings (SSSR count). The third-order valence-electron chi connectivity index (χ3n) is 3.04. The summed E-state index contributed by atoms with van der Waals surface area (Å²) >= 11 is 5.10. The van der Waals surface area contributed by atoms with Gasteiger partial charge in [-0.2, -0.15) is 0 Å². The fourth-order valence-corrected chi connectivity index (χ4v) is 3.15. The zero-order chi connectivity index (χ0) is 15.2. The minimum atomic E-state index is -0.200. The molecule has 0 aliphatic rings. The second-order valence-corrected chi connectivity index (χ2v) is 6.61. The molecule has 1 atom stereocenters. The number of halogens is 2. The molecule has 21 heavy (non-hydrogen) atoms. The first-order valence-electron chi connectivity index (χ1n) is 6.66. The Hall–Kier alpha value is -1.26. The second kappa shape index (κ2) is 7.66. The van der Waals surface area contributed by atoms with Crippen molar-refractivity contribution in [3.05, 3.63) is 71.0 Å². The fourth-order valence-electron chi connectivity index (χ4n) is 2.02. The van der Waals surface area contributed by atoms with Crippen LogP contribution in [0.4, 0.5) is 10.1 Å². The first-order valence-corrected chi connectivity index (χ1v) is 8.44. The van der Waals surface area contributed by atoms with Crippen molar-refractivity contribution in [2.24, 2.45) is 0 Å². The summed E-state index contributed by atoms with van der Waals surface area (Å²) in [5.41, 5.74) is 1.66. The highest BCUT2D eigenvalue weighted by Gasteiger charge is 2.13. The fraction of sp³-hybridized carbons (Fsp3) is 0.176. The van der Waals surface area contributed by atoms with Crippen molar-refractivity contribution in [3.8, 4) is 0 Å². The van der Waals surface area contributed by atoms with Gasteiger partial charge in [0.05, 0.1) is 6.04 Å². The molecule has 2 aromatic carbocycles. The van der Waals surface area contributed by atoms with Crippen molar-refractivity contribution in [1.29, 1.82) is 0 Å². The summed E-state index contributed by atoms with van der Waals surface area (Å²) < 4.78 is 14.8. The van der Waals surface area contributed by atoms with Gasteiger partial charge >= 0.3 is 0 Å². The summed E-state index contributed by atoms with van der Waals surface area (Å²) in [6.07, 6.45) is 1.87. The van der Waals surface area contributed by atoms with Crippen molar-refractivity contribution in [1.82, 2.24) is 0 Å². The number of thioether (sulfide) groups is 1. The van der Waals surface area contributed by atoms with Crippen LogP contribution in [0.25, 0.3) is 0 Å². The van der Waals surface area contributed by atoms with Gasteiger partial charge in [0.25, 0.3) is 0 Å². The smallest absolute Gasteiger partial charge is 0.128 e. The van der Waals surface area contributed by atoms with E-state index in [1.807, 2.05) is 37.3 Å². The number of nitrogens with one attached hydrogen (secondary N) is 1. The minimum Gasteiger partial charge on any atom is -0.378 e. The van der Waals surface area contributed by atoms with Crippen LogP contribution in [-0.2, 0) is 0 Å². The Kier molecular flexibility index (Phi) is 5.88. The number of anilines is 1. The third kappa shape index (κ3) is 4.35. The normalized spacial score (nSPS) is 12.0. The summed E-state index contributed by atoms with van der Waals surface area (Å²) in [5, 5.41) is 3.39. The van der Waals surface area contributed by atoms with Crippen molar-refractivity contribution in [2.75, 3.05) is 11.1 Å². The highest BCUT2D eigenvalue weighted by atomic mass is 79.9. The Bertz CT molecular complexity index is 630. The molecule has 1 N–H and O–H groups in total. The van der Waals surface area contributed by atoms with Crippen LogP contribution < -0.4 is 5.32 Å². The molecule has 4 heteroatoms. The largest absolute Gasteiger partial charge is 0.378 e. The summed E-state index contributed by atoms with van der Waals surface area (Å²) in [6, 6.07) is 12.9. The zero-order valence-corrected chi connectivity index (χ0v) is 14.2. The zero-order valence-electron chi connectivity index (χ0n) is 11.8. The number of benzene rings is 2. The van der Waals surface area contributed by atoms with Gasteiger partial charge in [0.1, 0.15) is 5.82 Å². The number of hydrogen-bond acceptors (Lipinski definition) is 2. The predicted octanol–water partition coefficient (Wildman–Crippen LogP) is 6.04. The van der Waals surface area contributed by atoms with Gasteiger partial charge in [-0.3, -0.25) is 0 Å². The quantitative estimate of drug-likeness (QED) is 0.494. The molecule has 0 aliphatic heterocycles. The van der Waals surface area contributed by atoms with Gasteiger partial charge in [-0.15, -0.1) is 18.3 Å². The average molecular weight is 366 g/mol. The Morgan fingerprint density at radius 3 is 2.86 bits per heavy atom. The molecule has 1 nitrogen and oxygen atoms in total. The molecule has 0 saturated heterocycles. The molecular formula is C17H17BrFNS. The van der Waals surface area contributed by atoms with E-state index in [1.165, 1.54) is 6.07 Å². The van der Waals surface area contributed by atoms with E-state index < -0.39 is 0 Å². The van der Waals surface area contributed by atoms with Crippen molar-refractivity contribution in [2.45, 2.75) is 17.9 Å². The molecule has 0 aromatic heterocycles. The SMILES string of the molecule is C=CCSc1ccccc1NC(C)c1cc(Br)ccc1F. The highest BCUT2D eigenvalue weighted by molar-refractivity contribution is 9.10. The van der Waals surface area contributed by atoms with E-state index in [0.29, 0.717) is 5.56 Å². The Labute approximate surface area is 137 Å². The summed E-state index contributed by atoms with van der Waals surface area (Å²) in [7, 11) is 0. The maximum Gasteiger partial charge on any atom is 0.128 e. The Balaban J connectivity index is 2.21. The topological polar surface area (TPSA) is 12.0 Å². The molecular weight excluding hydrogens is 349 g/mol. The Morgan fingerprint density at radius 2 is 2.10 bits per heavy atom. The van der Waals surface area contributed by atoms with Gasteiger partial charge in [-0.25, -0.2) is 4.39 Å². The molecule has 0 heterocycles. The van der Waals surface area contributed by atoms with E-state index >= 15 is 0 Å². The van der Waals surface area contributed by atoms with Gasteiger partial charge in [-0.1, -0.05) is 34.1 Å². The predicted molar refractivity (Wildman–Crippen MR) is 93.5 cm³/mol. The minimum absolute atomic E-state index is 0.118. The van der Waals surface area contributed by atoms with E-state index in [4.69, 9.17) is 0 Å². The summed E-state index contributed by atoms with van der Waals surface area (Å²) in [5.74, 6) is 0.646. The molecule has 0 fully saturated rings. The monoisotopic (exact) mass is 365 g/mol. The Morgan fingerprint density at radius 1 is 1.33 bits per heavy atom. The van der Waals surface area contributed by atoms with Crippen LogP contribution in [0.3, 0.4) is 0 Å². The summed E-state index contributed by atoms with van der Waals surface area (Å²) in [6.45, 7) is 5.70. The lowest BCUT2D eigenvalue weighted by Crippen LogP contribution is -2.09. The van der Waals surface area contributed by atoms with E-state index in [-0.39, 0.29) is 11.9 Å². The standard InChI is InChI=1S/C17H17BrFNS/c1-3-10-21-17-7-5-4-6-16(17)20-12(2)14-11-13(18)8-9-15(14)19/h3-9,11-12,20H,1,10H2,2H3. The lowest BCUT2D eigenvalue weighted by molar-refractivity contribution is 0.599. The average Bonchev–Trinajstić information content (AvgIpc) is 2.48. The van der Waals surface area contributed by atoms with Crippen molar-refractivity contribution < 1.29 is 4.39 Å². The van der Waals surface area contributed by atoms with Gasteiger partial charge in [0, 0.05) is 26.4 Å². The maximum absolute atomic E-state index is 13.9. The van der Waals surface area contributed by atoms with Crippen LogP contribution in [0.1, 0.15) is 18.5 Å². The highest BCUT2D eigenvalue weighted by Crippen LogP contribution is 2.31. The van der Waals surface area contributed by atoms with E-state index in [1.54, 1.807) is 17.8 Å². The molecule has 2 aromatic rings. The van der Waals surface area contributed by atoms with Gasteiger partial charge < -0.3 is 5.32 Å². The van der Waals surface area contributed by atoms with Crippen LogP contribution in [0.5, 0.6) is 0 Å². The van der Waals surface area contributed by atoms with Gasteiger partial charge in [-0.05, 0) is 37.3 Å². The number of hydrogen-bond donors (Lipinski definition) is 1. The molecule has 0 bridgehead atoms. The van der Waals surface area contributed by atoms with Crippen LogP contribution >= 0.6 is 27.7 Å². The first kappa shape index (κ1) is 16.1. The lowest BCUT2D eigenvalue weighted by atomic mass is 10.1. The van der Waals surface area contributed by atoms with Crippen molar-refractivity contribution in [3.63, 3.8) is 0 Å². The molecule has 0 radical (unpaired) electrons. The number of para-hydroxylation sites is 1. The molecule has 0 saturated carbocycles. The van der Waals surface area contributed by atoms with Crippen LogP contribution in [-0.4, -0.2) is 5.75 Å². The van der Waals surface area contributed by atoms with Crippen molar-refractivity contribution >= 4 is 33.4 Å². The van der Waals surface area contributed by atoms with E-state index in [9.17, 15) is 4.39 Å². The van der Waals surface area contributed by atoms with Gasteiger partial charge in [0.15, 0.2) is 0 Å². The maximum atomic E-state index is 13.9. The molecule has 0 aliphatic carbocycles. The van der Waals surface area contributed by atoms with Crippen LogP contribution in [0.2, 0.25) is 0 Å². The third-order valence-corrected chi connectivity index (χ3v) is 4.60. The number of rotatable bonds is 6. The van der Waals surface area contributed by atoms with E-state index in [2.05, 4.69) is 33.9 Å². The molecule has 110 valence electrons.